The maximum Gasteiger partial charge on any atom is 0.224 e. The maximum absolute atomic E-state index is 11.9. The van der Waals surface area contributed by atoms with Crippen molar-refractivity contribution in [2.45, 2.75) is 19.8 Å². The number of anilines is 1. The molecule has 0 aliphatic carbocycles. The van der Waals surface area contributed by atoms with Gasteiger partial charge in [-0.05, 0) is 49.7 Å². The fraction of sp³-hybridized carbons (Fsp3) is 0.316. The Morgan fingerprint density at radius 1 is 1.00 bits per heavy atom. The van der Waals surface area contributed by atoms with Crippen LogP contribution in [0.25, 0.3) is 0 Å². The molecule has 5 heteroatoms. The van der Waals surface area contributed by atoms with E-state index in [1.54, 1.807) is 13.2 Å². The summed E-state index contributed by atoms with van der Waals surface area (Å²) in [7, 11) is 1.60. The van der Waals surface area contributed by atoms with Crippen LogP contribution in [0.5, 0.6) is 17.2 Å². The Morgan fingerprint density at radius 3 is 2.38 bits per heavy atom. The number of benzene rings is 2. The van der Waals surface area contributed by atoms with Crippen LogP contribution in [0.1, 0.15) is 19.8 Å². The molecule has 2 rings (SSSR count). The van der Waals surface area contributed by atoms with Gasteiger partial charge in [0, 0.05) is 18.2 Å². The second-order valence-corrected chi connectivity index (χ2v) is 5.14. The molecule has 128 valence electrons. The third-order valence-electron chi connectivity index (χ3n) is 3.31. The molecule has 2 aromatic carbocycles. The molecule has 0 unspecified atom stereocenters. The smallest absolute Gasteiger partial charge is 0.224 e. The van der Waals surface area contributed by atoms with Crippen LogP contribution in [-0.2, 0) is 4.79 Å². The minimum atomic E-state index is -0.0430. The molecule has 0 saturated heterocycles. The van der Waals surface area contributed by atoms with Crippen LogP contribution in [0, 0.1) is 0 Å². The van der Waals surface area contributed by atoms with Crippen molar-refractivity contribution < 1.29 is 19.0 Å². The third kappa shape index (κ3) is 5.83. The zero-order valence-electron chi connectivity index (χ0n) is 14.1. The van der Waals surface area contributed by atoms with Gasteiger partial charge in [0.25, 0.3) is 0 Å². The van der Waals surface area contributed by atoms with Crippen molar-refractivity contribution in [2.24, 2.45) is 0 Å². The Morgan fingerprint density at radius 2 is 1.71 bits per heavy atom. The van der Waals surface area contributed by atoms with E-state index in [1.807, 2.05) is 49.4 Å². The van der Waals surface area contributed by atoms with Gasteiger partial charge in [-0.25, -0.2) is 0 Å². The van der Waals surface area contributed by atoms with Gasteiger partial charge in [0.1, 0.15) is 17.2 Å². The number of carbonyl (C=O) groups is 1. The lowest BCUT2D eigenvalue weighted by molar-refractivity contribution is -0.116. The number of ether oxygens (including phenoxy) is 3. The van der Waals surface area contributed by atoms with Crippen LogP contribution in [0.4, 0.5) is 5.69 Å². The van der Waals surface area contributed by atoms with E-state index in [0.29, 0.717) is 31.8 Å². The minimum absolute atomic E-state index is 0.0430. The molecule has 0 saturated carbocycles. The zero-order chi connectivity index (χ0) is 17.2. The van der Waals surface area contributed by atoms with E-state index in [4.69, 9.17) is 14.2 Å². The van der Waals surface area contributed by atoms with Gasteiger partial charge in [-0.2, -0.15) is 0 Å². The highest BCUT2D eigenvalue weighted by atomic mass is 16.5. The van der Waals surface area contributed by atoms with Crippen molar-refractivity contribution in [3.63, 3.8) is 0 Å². The van der Waals surface area contributed by atoms with Crippen molar-refractivity contribution in [2.75, 3.05) is 25.6 Å². The number of carbonyl (C=O) groups excluding carboxylic acids is 1. The molecule has 0 aromatic heterocycles. The standard InChI is InChI=1S/C19H23NO4/c1-3-23-16-9-11-17(12-10-16)24-13-5-8-19(21)20-15-6-4-7-18(14-15)22-2/h4,6-7,9-12,14H,3,5,8,13H2,1-2H3,(H,20,21). The number of amides is 1. The van der Waals surface area contributed by atoms with Gasteiger partial charge in [0.15, 0.2) is 0 Å². The van der Waals surface area contributed by atoms with Crippen LogP contribution in [-0.4, -0.2) is 26.2 Å². The first-order valence-electron chi connectivity index (χ1n) is 8.01. The van der Waals surface area contributed by atoms with Crippen molar-refractivity contribution >= 4 is 11.6 Å². The number of rotatable bonds is 9. The first-order valence-corrected chi connectivity index (χ1v) is 8.01. The Kier molecular flexibility index (Phi) is 6.95. The Hall–Kier alpha value is -2.69. The lowest BCUT2D eigenvalue weighted by Gasteiger charge is -2.09. The molecule has 1 N–H and O–H groups in total. The van der Waals surface area contributed by atoms with Crippen LogP contribution < -0.4 is 19.5 Å². The number of methoxy groups -OCH3 is 1. The fourth-order valence-corrected chi connectivity index (χ4v) is 2.15. The van der Waals surface area contributed by atoms with Gasteiger partial charge < -0.3 is 19.5 Å². The summed E-state index contributed by atoms with van der Waals surface area (Å²) in [5, 5.41) is 2.85. The van der Waals surface area contributed by atoms with E-state index in [9.17, 15) is 4.79 Å². The molecular formula is C19H23NO4. The quantitative estimate of drug-likeness (QED) is 0.709. The fourth-order valence-electron chi connectivity index (χ4n) is 2.15. The zero-order valence-corrected chi connectivity index (χ0v) is 14.1. The van der Waals surface area contributed by atoms with Crippen LogP contribution in [0.3, 0.4) is 0 Å². The largest absolute Gasteiger partial charge is 0.497 e. The number of hydrogen-bond donors (Lipinski definition) is 1. The van der Waals surface area contributed by atoms with Gasteiger partial charge in [0.2, 0.25) is 5.91 Å². The molecule has 24 heavy (non-hydrogen) atoms. The summed E-state index contributed by atoms with van der Waals surface area (Å²) in [5.74, 6) is 2.26. The van der Waals surface area contributed by atoms with Gasteiger partial charge in [0.05, 0.1) is 20.3 Å². The first-order chi connectivity index (χ1) is 11.7. The highest BCUT2D eigenvalue weighted by Gasteiger charge is 2.04. The van der Waals surface area contributed by atoms with E-state index in [0.717, 1.165) is 17.2 Å². The van der Waals surface area contributed by atoms with Crippen molar-refractivity contribution in [3.05, 3.63) is 48.5 Å². The summed E-state index contributed by atoms with van der Waals surface area (Å²) in [6, 6.07) is 14.8. The summed E-state index contributed by atoms with van der Waals surface area (Å²) in [6.45, 7) is 3.07. The molecule has 0 fully saturated rings. The third-order valence-corrected chi connectivity index (χ3v) is 3.31. The molecule has 0 atom stereocenters. The molecule has 2 aromatic rings. The van der Waals surface area contributed by atoms with Gasteiger partial charge in [-0.1, -0.05) is 6.07 Å². The Bertz CT molecular complexity index is 640. The lowest BCUT2D eigenvalue weighted by Crippen LogP contribution is -2.12. The van der Waals surface area contributed by atoms with Crippen LogP contribution in [0.15, 0.2) is 48.5 Å². The van der Waals surface area contributed by atoms with E-state index in [2.05, 4.69) is 5.32 Å². The molecule has 0 bridgehead atoms. The maximum atomic E-state index is 11.9. The molecular weight excluding hydrogens is 306 g/mol. The average Bonchev–Trinajstić information content (AvgIpc) is 2.60. The summed E-state index contributed by atoms with van der Waals surface area (Å²) in [4.78, 5) is 11.9. The molecule has 0 heterocycles. The first kappa shape index (κ1) is 17.7. The highest BCUT2D eigenvalue weighted by Crippen LogP contribution is 2.18. The molecule has 5 nitrogen and oxygen atoms in total. The van der Waals surface area contributed by atoms with E-state index >= 15 is 0 Å². The summed E-state index contributed by atoms with van der Waals surface area (Å²) < 4.78 is 16.1. The second-order valence-electron chi connectivity index (χ2n) is 5.14. The van der Waals surface area contributed by atoms with Crippen LogP contribution in [0.2, 0.25) is 0 Å². The van der Waals surface area contributed by atoms with Crippen molar-refractivity contribution in [3.8, 4) is 17.2 Å². The minimum Gasteiger partial charge on any atom is -0.497 e. The van der Waals surface area contributed by atoms with E-state index in [1.165, 1.54) is 0 Å². The summed E-state index contributed by atoms with van der Waals surface area (Å²) >= 11 is 0. The van der Waals surface area contributed by atoms with Gasteiger partial charge in [-0.3, -0.25) is 4.79 Å². The lowest BCUT2D eigenvalue weighted by atomic mass is 10.2. The van der Waals surface area contributed by atoms with Gasteiger partial charge >= 0.3 is 0 Å². The van der Waals surface area contributed by atoms with E-state index in [-0.39, 0.29) is 5.91 Å². The summed E-state index contributed by atoms with van der Waals surface area (Å²) in [6.07, 6.45) is 1.04. The van der Waals surface area contributed by atoms with Gasteiger partial charge in [-0.15, -0.1) is 0 Å². The normalized spacial score (nSPS) is 10.1. The van der Waals surface area contributed by atoms with Crippen molar-refractivity contribution in [1.82, 2.24) is 0 Å². The molecule has 0 aliphatic rings. The molecule has 0 aliphatic heterocycles. The second kappa shape index (κ2) is 9.45. The highest BCUT2D eigenvalue weighted by molar-refractivity contribution is 5.90. The SMILES string of the molecule is CCOc1ccc(OCCCC(=O)Nc2cccc(OC)c2)cc1. The Labute approximate surface area is 142 Å². The summed E-state index contributed by atoms with van der Waals surface area (Å²) in [5.41, 5.74) is 0.729. The average molecular weight is 329 g/mol. The number of hydrogen-bond acceptors (Lipinski definition) is 4. The van der Waals surface area contributed by atoms with Crippen LogP contribution >= 0.6 is 0 Å². The number of nitrogens with one attached hydrogen (secondary N) is 1. The van der Waals surface area contributed by atoms with E-state index < -0.39 is 0 Å². The monoisotopic (exact) mass is 329 g/mol. The molecule has 0 spiro atoms. The topological polar surface area (TPSA) is 56.8 Å². The molecule has 0 radical (unpaired) electrons. The predicted octanol–water partition coefficient (Wildman–Crippen LogP) is 3.89. The molecule has 1 amide bonds. The predicted molar refractivity (Wildman–Crippen MR) is 94.0 cm³/mol. The Balaban J connectivity index is 1.68. The van der Waals surface area contributed by atoms with Crippen molar-refractivity contribution in [1.29, 1.82) is 0 Å².